The summed E-state index contributed by atoms with van der Waals surface area (Å²) in [6.45, 7) is 5.01. The number of anilines is 1. The van der Waals surface area contributed by atoms with E-state index in [1.165, 1.54) is 32.4 Å². The number of fused-ring (bicyclic) bond motifs is 3. The molecule has 0 unspecified atom stereocenters. The van der Waals surface area contributed by atoms with Crippen LogP contribution in [0.3, 0.4) is 0 Å². The quantitative estimate of drug-likeness (QED) is 0.824. The summed E-state index contributed by atoms with van der Waals surface area (Å²) >= 11 is 0. The predicted molar refractivity (Wildman–Crippen MR) is 112 cm³/mol. The molecule has 7 heteroatoms. The van der Waals surface area contributed by atoms with Crippen LogP contribution in [-0.2, 0) is 6.42 Å². The van der Waals surface area contributed by atoms with Crippen molar-refractivity contribution in [3.63, 3.8) is 0 Å². The molecule has 2 N–H and O–H groups in total. The van der Waals surface area contributed by atoms with Crippen molar-refractivity contribution in [1.82, 2.24) is 9.88 Å². The van der Waals surface area contributed by atoms with Crippen molar-refractivity contribution in [3.05, 3.63) is 34.1 Å². The molecule has 0 radical (unpaired) electrons. The van der Waals surface area contributed by atoms with Crippen LogP contribution in [0.5, 0.6) is 5.75 Å². The van der Waals surface area contributed by atoms with Crippen molar-refractivity contribution < 1.29 is 4.74 Å². The van der Waals surface area contributed by atoms with Crippen molar-refractivity contribution in [2.24, 2.45) is 0 Å². The van der Waals surface area contributed by atoms with E-state index in [0.717, 1.165) is 53.8 Å². The highest BCUT2D eigenvalue weighted by atomic mass is 35.5. The summed E-state index contributed by atoms with van der Waals surface area (Å²) in [5.41, 5.74) is 2.76. The first-order valence-electron chi connectivity index (χ1n) is 9.09. The van der Waals surface area contributed by atoms with E-state index in [1.807, 2.05) is 12.1 Å². The standard InChI is InChI=1S/C19H25N3O2.2ClH/c23-19-15-5-4-8-20-18(15)16-13-14(6-7-17(16)21-19)24-12-11-22-9-2-1-3-10-22;;/h6-7,13,20H,1-5,8-12H2,(H,21,23);2*1H. The fourth-order valence-corrected chi connectivity index (χ4v) is 3.80. The number of nitrogens with one attached hydrogen (secondary N) is 2. The van der Waals surface area contributed by atoms with Gasteiger partial charge in [0.2, 0.25) is 0 Å². The molecule has 4 rings (SSSR count). The van der Waals surface area contributed by atoms with Crippen LogP contribution in [-0.4, -0.2) is 42.7 Å². The molecule has 26 heavy (non-hydrogen) atoms. The molecule has 0 spiro atoms. The zero-order valence-corrected chi connectivity index (χ0v) is 16.5. The second-order valence-electron chi connectivity index (χ2n) is 6.80. The lowest BCUT2D eigenvalue weighted by molar-refractivity contribution is 0.183. The van der Waals surface area contributed by atoms with Gasteiger partial charge in [-0.2, -0.15) is 0 Å². The van der Waals surface area contributed by atoms with Crippen LogP contribution in [0.25, 0.3) is 10.9 Å². The lowest BCUT2D eigenvalue weighted by atomic mass is 10.0. The van der Waals surface area contributed by atoms with Crippen LogP contribution >= 0.6 is 24.8 Å². The van der Waals surface area contributed by atoms with Gasteiger partial charge in [-0.25, -0.2) is 0 Å². The molecule has 1 aromatic heterocycles. The summed E-state index contributed by atoms with van der Waals surface area (Å²) in [7, 11) is 0. The minimum atomic E-state index is 0. The third kappa shape index (κ3) is 4.45. The number of H-pyrrole nitrogens is 1. The smallest absolute Gasteiger partial charge is 0.253 e. The third-order valence-corrected chi connectivity index (χ3v) is 5.11. The Bertz CT molecular complexity index is 788. The molecule has 0 aliphatic carbocycles. The van der Waals surface area contributed by atoms with Gasteiger partial charge in [-0.1, -0.05) is 6.42 Å². The zero-order valence-electron chi connectivity index (χ0n) is 14.9. The summed E-state index contributed by atoms with van der Waals surface area (Å²) in [5.74, 6) is 0.876. The summed E-state index contributed by atoms with van der Waals surface area (Å²) in [6, 6.07) is 5.95. The summed E-state index contributed by atoms with van der Waals surface area (Å²) in [5, 5.41) is 4.45. The molecule has 0 atom stereocenters. The fraction of sp³-hybridized carbons (Fsp3) is 0.526. The highest BCUT2D eigenvalue weighted by Gasteiger charge is 2.16. The first-order valence-corrected chi connectivity index (χ1v) is 9.09. The van der Waals surface area contributed by atoms with Gasteiger partial charge in [0.05, 0.1) is 11.2 Å². The number of pyridine rings is 1. The van der Waals surface area contributed by atoms with Gasteiger partial charge in [0.1, 0.15) is 12.4 Å². The molecular formula is C19H27Cl2N3O2. The number of aromatic amines is 1. The topological polar surface area (TPSA) is 57.4 Å². The number of halogens is 2. The van der Waals surface area contributed by atoms with Crippen molar-refractivity contribution in [2.75, 3.05) is 38.1 Å². The Morgan fingerprint density at radius 1 is 1.08 bits per heavy atom. The first kappa shape index (κ1) is 20.9. The SMILES string of the molecule is Cl.Cl.O=c1[nH]c2ccc(OCCN3CCCCC3)cc2c2c1CCCN2. The van der Waals surface area contributed by atoms with E-state index in [2.05, 4.69) is 21.3 Å². The van der Waals surface area contributed by atoms with Gasteiger partial charge >= 0.3 is 0 Å². The third-order valence-electron chi connectivity index (χ3n) is 5.11. The maximum absolute atomic E-state index is 12.2. The second-order valence-corrected chi connectivity index (χ2v) is 6.80. The Balaban J connectivity index is 0.00000121. The fourth-order valence-electron chi connectivity index (χ4n) is 3.80. The van der Waals surface area contributed by atoms with E-state index in [4.69, 9.17) is 4.74 Å². The normalized spacial score (nSPS) is 16.8. The molecule has 0 bridgehead atoms. The Morgan fingerprint density at radius 3 is 2.69 bits per heavy atom. The molecule has 2 aliphatic rings. The molecule has 2 aromatic rings. The Labute approximate surface area is 166 Å². The van der Waals surface area contributed by atoms with Crippen molar-refractivity contribution in [3.8, 4) is 5.75 Å². The molecule has 0 saturated carbocycles. The van der Waals surface area contributed by atoms with Crippen LogP contribution in [0.2, 0.25) is 0 Å². The molecule has 0 amide bonds. The van der Waals surface area contributed by atoms with Gasteiger partial charge in [-0.3, -0.25) is 9.69 Å². The number of aromatic nitrogens is 1. The van der Waals surface area contributed by atoms with Crippen LogP contribution in [0.15, 0.2) is 23.0 Å². The monoisotopic (exact) mass is 399 g/mol. The van der Waals surface area contributed by atoms with E-state index < -0.39 is 0 Å². The molecule has 3 heterocycles. The minimum absolute atomic E-state index is 0. The van der Waals surface area contributed by atoms with Crippen molar-refractivity contribution in [2.45, 2.75) is 32.1 Å². The first-order chi connectivity index (χ1) is 11.8. The lowest BCUT2D eigenvalue weighted by Gasteiger charge is -2.26. The number of piperidine rings is 1. The van der Waals surface area contributed by atoms with E-state index in [1.54, 1.807) is 0 Å². The van der Waals surface area contributed by atoms with Gasteiger partial charge < -0.3 is 15.0 Å². The van der Waals surface area contributed by atoms with Gasteiger partial charge in [-0.15, -0.1) is 24.8 Å². The maximum atomic E-state index is 12.2. The predicted octanol–water partition coefficient (Wildman–Crippen LogP) is 3.59. The number of hydrogen-bond donors (Lipinski definition) is 2. The average molecular weight is 400 g/mol. The van der Waals surface area contributed by atoms with Crippen LogP contribution in [0, 0.1) is 0 Å². The van der Waals surface area contributed by atoms with E-state index >= 15 is 0 Å². The molecule has 1 aromatic carbocycles. The number of benzene rings is 1. The maximum Gasteiger partial charge on any atom is 0.253 e. The van der Waals surface area contributed by atoms with Gasteiger partial charge in [0.25, 0.3) is 5.56 Å². The van der Waals surface area contributed by atoms with Gasteiger partial charge in [-0.05, 0) is 57.0 Å². The molecular weight excluding hydrogens is 373 g/mol. The zero-order chi connectivity index (χ0) is 16.4. The van der Waals surface area contributed by atoms with E-state index in [0.29, 0.717) is 6.61 Å². The van der Waals surface area contributed by atoms with Crippen molar-refractivity contribution >= 4 is 41.4 Å². The van der Waals surface area contributed by atoms with Gasteiger partial charge in [0.15, 0.2) is 0 Å². The summed E-state index contributed by atoms with van der Waals surface area (Å²) in [6.07, 6.45) is 5.82. The van der Waals surface area contributed by atoms with Crippen LogP contribution < -0.4 is 15.6 Å². The Hall–Kier alpha value is -1.43. The second kappa shape index (κ2) is 9.49. The van der Waals surface area contributed by atoms with Crippen LogP contribution in [0.1, 0.15) is 31.2 Å². The van der Waals surface area contributed by atoms with Crippen LogP contribution in [0.4, 0.5) is 5.69 Å². The number of ether oxygens (including phenoxy) is 1. The molecule has 5 nitrogen and oxygen atoms in total. The largest absolute Gasteiger partial charge is 0.492 e. The average Bonchev–Trinajstić information content (AvgIpc) is 2.63. The number of likely N-dealkylation sites (tertiary alicyclic amines) is 1. The Kier molecular flexibility index (Phi) is 7.62. The summed E-state index contributed by atoms with van der Waals surface area (Å²) in [4.78, 5) is 17.6. The summed E-state index contributed by atoms with van der Waals surface area (Å²) < 4.78 is 5.98. The van der Waals surface area contributed by atoms with E-state index in [-0.39, 0.29) is 30.4 Å². The highest BCUT2D eigenvalue weighted by Crippen LogP contribution is 2.30. The lowest BCUT2D eigenvalue weighted by Crippen LogP contribution is -2.33. The molecule has 144 valence electrons. The number of hydrogen-bond acceptors (Lipinski definition) is 4. The highest BCUT2D eigenvalue weighted by molar-refractivity contribution is 5.94. The minimum Gasteiger partial charge on any atom is -0.492 e. The Morgan fingerprint density at radius 2 is 1.88 bits per heavy atom. The number of rotatable bonds is 4. The van der Waals surface area contributed by atoms with Gasteiger partial charge in [0, 0.05) is 24.0 Å². The number of nitrogens with zero attached hydrogens (tertiary/aromatic N) is 1. The molecule has 1 fully saturated rings. The van der Waals surface area contributed by atoms with Crippen molar-refractivity contribution in [1.29, 1.82) is 0 Å². The van der Waals surface area contributed by atoms with E-state index in [9.17, 15) is 4.79 Å². The molecule has 1 saturated heterocycles. The molecule has 2 aliphatic heterocycles.